The zero-order chi connectivity index (χ0) is 10.9. The molecule has 2 rings (SSSR count). The molecule has 0 radical (unpaired) electrons. The Kier molecular flexibility index (Phi) is 3.09. The maximum absolute atomic E-state index is 5.97. The van der Waals surface area contributed by atoms with E-state index in [4.69, 9.17) is 4.74 Å². The lowest BCUT2D eigenvalue weighted by atomic mass is 9.62. The number of nitrogens with one attached hydrogen (secondary N) is 1. The van der Waals surface area contributed by atoms with Crippen LogP contribution >= 0.6 is 0 Å². The highest BCUT2D eigenvalue weighted by Crippen LogP contribution is 2.48. The molecular weight excluding hydrogens is 186 g/mol. The summed E-state index contributed by atoms with van der Waals surface area (Å²) in [6.07, 6.45) is 5.02. The summed E-state index contributed by atoms with van der Waals surface area (Å²) in [6, 6.07) is 0. The first-order valence-corrected chi connectivity index (χ1v) is 6.45. The molecule has 0 aromatic carbocycles. The quantitative estimate of drug-likeness (QED) is 0.720. The van der Waals surface area contributed by atoms with Gasteiger partial charge in [-0.15, -0.1) is 0 Å². The lowest BCUT2D eigenvalue weighted by Crippen LogP contribution is -2.52. The molecule has 0 saturated carbocycles. The van der Waals surface area contributed by atoms with Crippen molar-refractivity contribution in [2.75, 3.05) is 19.7 Å². The van der Waals surface area contributed by atoms with Crippen molar-refractivity contribution >= 4 is 0 Å². The molecule has 15 heavy (non-hydrogen) atoms. The van der Waals surface area contributed by atoms with E-state index in [0.29, 0.717) is 5.41 Å². The fourth-order valence-electron chi connectivity index (χ4n) is 3.36. The Morgan fingerprint density at radius 1 is 1.40 bits per heavy atom. The Labute approximate surface area is 93.8 Å². The average Bonchev–Trinajstić information content (AvgIpc) is 2.23. The molecular formula is C13H25NO. The highest BCUT2D eigenvalue weighted by Gasteiger charge is 2.46. The molecule has 2 aliphatic heterocycles. The van der Waals surface area contributed by atoms with Crippen LogP contribution in [-0.4, -0.2) is 25.3 Å². The summed E-state index contributed by atoms with van der Waals surface area (Å²) in [5.41, 5.74) is 0.706. The lowest BCUT2D eigenvalue weighted by Gasteiger charge is -2.51. The molecule has 0 amide bonds. The van der Waals surface area contributed by atoms with Crippen molar-refractivity contribution in [3.8, 4) is 0 Å². The molecule has 0 aromatic rings. The second kappa shape index (κ2) is 4.06. The molecule has 1 spiro atoms. The van der Waals surface area contributed by atoms with Crippen LogP contribution in [0.15, 0.2) is 0 Å². The fourth-order valence-corrected chi connectivity index (χ4v) is 3.36. The van der Waals surface area contributed by atoms with Gasteiger partial charge in [-0.1, -0.05) is 13.8 Å². The first kappa shape index (κ1) is 11.4. The van der Waals surface area contributed by atoms with Gasteiger partial charge in [0.25, 0.3) is 0 Å². The zero-order valence-corrected chi connectivity index (χ0v) is 10.4. The third kappa shape index (κ3) is 2.07. The molecule has 0 bridgehead atoms. The highest BCUT2D eigenvalue weighted by atomic mass is 16.5. The molecule has 1 N–H and O–H groups in total. The minimum absolute atomic E-state index is 0.143. The molecule has 3 atom stereocenters. The predicted octanol–water partition coefficient (Wildman–Crippen LogP) is 2.58. The van der Waals surface area contributed by atoms with Crippen molar-refractivity contribution in [1.82, 2.24) is 5.32 Å². The van der Waals surface area contributed by atoms with Crippen molar-refractivity contribution in [3.05, 3.63) is 0 Å². The monoisotopic (exact) mass is 211 g/mol. The van der Waals surface area contributed by atoms with E-state index in [1.54, 1.807) is 0 Å². The SMILES string of the molecule is CCC1(C)CC2(CCNCC2C)CCO1. The smallest absolute Gasteiger partial charge is 0.0657 e. The van der Waals surface area contributed by atoms with E-state index in [0.717, 1.165) is 18.9 Å². The van der Waals surface area contributed by atoms with Gasteiger partial charge in [-0.2, -0.15) is 0 Å². The lowest BCUT2D eigenvalue weighted by molar-refractivity contribution is -0.138. The zero-order valence-electron chi connectivity index (χ0n) is 10.4. The van der Waals surface area contributed by atoms with Crippen molar-refractivity contribution in [3.63, 3.8) is 0 Å². The van der Waals surface area contributed by atoms with Crippen molar-refractivity contribution < 1.29 is 4.74 Å². The summed E-state index contributed by atoms with van der Waals surface area (Å²) in [6.45, 7) is 10.3. The van der Waals surface area contributed by atoms with Crippen LogP contribution < -0.4 is 5.32 Å². The normalized spacial score (nSPS) is 47.0. The average molecular weight is 211 g/mol. The van der Waals surface area contributed by atoms with E-state index in [-0.39, 0.29) is 5.60 Å². The first-order valence-electron chi connectivity index (χ1n) is 6.45. The van der Waals surface area contributed by atoms with Crippen LogP contribution in [0.2, 0.25) is 0 Å². The van der Waals surface area contributed by atoms with Gasteiger partial charge >= 0.3 is 0 Å². The highest BCUT2D eigenvalue weighted by molar-refractivity contribution is 4.97. The molecule has 3 unspecified atom stereocenters. The van der Waals surface area contributed by atoms with Gasteiger partial charge in [-0.25, -0.2) is 0 Å². The summed E-state index contributed by atoms with van der Waals surface area (Å²) in [4.78, 5) is 0. The molecule has 2 heterocycles. The van der Waals surface area contributed by atoms with Gasteiger partial charge < -0.3 is 10.1 Å². The molecule has 2 nitrogen and oxygen atoms in total. The van der Waals surface area contributed by atoms with Crippen LogP contribution in [0, 0.1) is 11.3 Å². The summed E-state index contributed by atoms with van der Waals surface area (Å²) in [5, 5.41) is 3.51. The van der Waals surface area contributed by atoms with Crippen molar-refractivity contribution in [1.29, 1.82) is 0 Å². The van der Waals surface area contributed by atoms with E-state index in [2.05, 4.69) is 26.1 Å². The number of hydrogen-bond donors (Lipinski definition) is 1. The van der Waals surface area contributed by atoms with Gasteiger partial charge in [-0.3, -0.25) is 0 Å². The van der Waals surface area contributed by atoms with Gasteiger partial charge in [0.05, 0.1) is 5.60 Å². The molecule has 88 valence electrons. The number of hydrogen-bond acceptors (Lipinski definition) is 2. The molecule has 2 saturated heterocycles. The van der Waals surface area contributed by atoms with E-state index in [1.165, 1.54) is 32.4 Å². The number of rotatable bonds is 1. The van der Waals surface area contributed by atoms with Crippen LogP contribution in [0.5, 0.6) is 0 Å². The van der Waals surface area contributed by atoms with Gasteiger partial charge in [0.15, 0.2) is 0 Å². The molecule has 2 aliphatic rings. The Bertz CT molecular complexity index is 227. The van der Waals surface area contributed by atoms with Crippen LogP contribution in [0.1, 0.15) is 46.5 Å². The maximum atomic E-state index is 5.97. The Morgan fingerprint density at radius 3 is 2.87 bits per heavy atom. The Balaban J connectivity index is 2.13. The molecule has 2 fully saturated rings. The summed E-state index contributed by atoms with van der Waals surface area (Å²) in [5.74, 6) is 0.807. The predicted molar refractivity (Wildman–Crippen MR) is 63.0 cm³/mol. The van der Waals surface area contributed by atoms with Crippen LogP contribution in [0.3, 0.4) is 0 Å². The molecule has 0 aromatic heterocycles. The Morgan fingerprint density at radius 2 is 2.20 bits per heavy atom. The van der Waals surface area contributed by atoms with Gasteiger partial charge in [0.2, 0.25) is 0 Å². The third-order valence-electron chi connectivity index (χ3n) is 4.82. The summed E-state index contributed by atoms with van der Waals surface area (Å²) in [7, 11) is 0. The van der Waals surface area contributed by atoms with Crippen molar-refractivity contribution in [2.45, 2.75) is 52.1 Å². The second-order valence-electron chi connectivity index (χ2n) is 5.80. The van der Waals surface area contributed by atoms with Gasteiger partial charge in [0, 0.05) is 6.61 Å². The van der Waals surface area contributed by atoms with E-state index >= 15 is 0 Å². The summed E-state index contributed by atoms with van der Waals surface area (Å²) < 4.78 is 5.97. The molecule has 2 heteroatoms. The maximum Gasteiger partial charge on any atom is 0.0657 e. The standard InChI is InChI=1S/C13H25NO/c1-4-12(3)10-13(6-8-15-12)5-7-14-9-11(13)2/h11,14H,4-10H2,1-3H3. The van der Waals surface area contributed by atoms with Gasteiger partial charge in [-0.05, 0) is 57.0 Å². The Hall–Kier alpha value is -0.0800. The second-order valence-corrected chi connectivity index (χ2v) is 5.80. The largest absolute Gasteiger partial charge is 0.375 e. The third-order valence-corrected chi connectivity index (χ3v) is 4.82. The van der Waals surface area contributed by atoms with Crippen LogP contribution in [0.4, 0.5) is 0 Å². The van der Waals surface area contributed by atoms with E-state index in [9.17, 15) is 0 Å². The van der Waals surface area contributed by atoms with Crippen LogP contribution in [-0.2, 0) is 4.74 Å². The topological polar surface area (TPSA) is 21.3 Å². The van der Waals surface area contributed by atoms with E-state index < -0.39 is 0 Å². The van der Waals surface area contributed by atoms with Crippen LogP contribution in [0.25, 0.3) is 0 Å². The minimum Gasteiger partial charge on any atom is -0.375 e. The number of piperidine rings is 1. The number of ether oxygens (including phenoxy) is 1. The van der Waals surface area contributed by atoms with Gasteiger partial charge in [0.1, 0.15) is 0 Å². The fraction of sp³-hybridized carbons (Fsp3) is 1.00. The first-order chi connectivity index (χ1) is 7.10. The summed E-state index contributed by atoms with van der Waals surface area (Å²) >= 11 is 0. The minimum atomic E-state index is 0.143. The molecule has 0 aliphatic carbocycles. The van der Waals surface area contributed by atoms with Crippen molar-refractivity contribution in [2.24, 2.45) is 11.3 Å². The van der Waals surface area contributed by atoms with E-state index in [1.807, 2.05) is 0 Å².